The van der Waals surface area contributed by atoms with Crippen molar-refractivity contribution in [2.45, 2.75) is 86.9 Å². The third-order valence-corrected chi connectivity index (χ3v) is 13.9. The number of benzene rings is 4. The van der Waals surface area contributed by atoms with E-state index in [2.05, 4.69) is 74.6 Å². The van der Waals surface area contributed by atoms with Crippen molar-refractivity contribution < 1.29 is 19.4 Å². The molecule has 2 aliphatic carbocycles. The summed E-state index contributed by atoms with van der Waals surface area (Å²) in [6.45, 7) is 6.38. The van der Waals surface area contributed by atoms with Crippen LogP contribution in [0.1, 0.15) is 75.5 Å². The van der Waals surface area contributed by atoms with Crippen molar-refractivity contribution in [3.63, 3.8) is 0 Å². The number of amides is 1. The zero-order valence-electron chi connectivity index (χ0n) is 28.6. The molecule has 256 valence electrons. The molecule has 2 N–H and O–H groups in total. The average Bonchev–Trinajstić information content (AvgIpc) is 3.43. The summed E-state index contributed by atoms with van der Waals surface area (Å²) in [5, 5.41) is 16.0. The monoisotopic (exact) mass is 741 g/mol. The molecule has 4 aromatic carbocycles. The summed E-state index contributed by atoms with van der Waals surface area (Å²) in [6.07, 6.45) is 3.25. The van der Waals surface area contributed by atoms with Gasteiger partial charge in [0, 0.05) is 0 Å². The van der Waals surface area contributed by atoms with Crippen LogP contribution in [-0.4, -0.2) is 54.8 Å². The van der Waals surface area contributed by atoms with Crippen LogP contribution in [0.3, 0.4) is 0 Å². The number of hydrogen-bond donors (Lipinski definition) is 2. The number of thioether (sulfide) groups is 1. The molecule has 0 unspecified atom stereocenters. The SMILES string of the molecule is CC(C)(C)SC(=O)C1([C@@H](O)[C@@H]([Se]c2ccccc2)[C@H](Cc2ccccc2)NC(=O)OCC2c3ccccc3-c3ccccc32)CCCCC1. The van der Waals surface area contributed by atoms with E-state index in [1.807, 2.05) is 60.7 Å². The molecule has 0 saturated heterocycles. The fraction of sp³-hybridized carbons (Fsp3) is 0.381. The maximum absolute atomic E-state index is 14.3. The minimum absolute atomic E-state index is 0.0572. The molecule has 2 aliphatic rings. The number of nitrogens with one attached hydrogen (secondary N) is 1. The van der Waals surface area contributed by atoms with Crippen LogP contribution in [0.5, 0.6) is 0 Å². The topological polar surface area (TPSA) is 75.6 Å². The Balaban J connectivity index is 1.31. The van der Waals surface area contributed by atoms with Gasteiger partial charge in [-0.3, -0.25) is 0 Å². The molecule has 0 bridgehead atoms. The van der Waals surface area contributed by atoms with Crippen LogP contribution < -0.4 is 9.78 Å². The minimum atomic E-state index is -0.932. The number of rotatable bonds is 11. The Bertz CT molecular complexity index is 1670. The summed E-state index contributed by atoms with van der Waals surface area (Å²) in [5.41, 5.74) is 4.85. The molecule has 0 aliphatic heterocycles. The number of hydrogen-bond acceptors (Lipinski definition) is 5. The molecule has 4 aromatic rings. The van der Waals surface area contributed by atoms with Gasteiger partial charge in [-0.15, -0.1) is 0 Å². The first kappa shape index (κ1) is 35.5. The molecule has 3 atom stereocenters. The third kappa shape index (κ3) is 8.35. The molecule has 5 nitrogen and oxygen atoms in total. The second-order valence-corrected chi connectivity index (χ2v) is 18.8. The normalized spacial score (nSPS) is 17.3. The van der Waals surface area contributed by atoms with Crippen molar-refractivity contribution in [2.75, 3.05) is 6.61 Å². The van der Waals surface area contributed by atoms with Gasteiger partial charge in [-0.25, -0.2) is 0 Å². The first-order chi connectivity index (χ1) is 23.6. The van der Waals surface area contributed by atoms with Crippen LogP contribution in [0.4, 0.5) is 4.79 Å². The number of carbonyl (C=O) groups excluding carboxylic acids is 2. The zero-order valence-corrected chi connectivity index (χ0v) is 31.2. The van der Waals surface area contributed by atoms with Crippen molar-refractivity contribution in [3.8, 4) is 11.1 Å². The Morgan fingerprint density at radius 1 is 0.837 bits per heavy atom. The van der Waals surface area contributed by atoms with E-state index < -0.39 is 23.7 Å². The number of alkyl carbamates (subject to hydrolysis) is 1. The second kappa shape index (κ2) is 15.7. The van der Waals surface area contributed by atoms with E-state index in [0.717, 1.165) is 40.4 Å². The summed E-state index contributed by atoms with van der Waals surface area (Å²) >= 11 is 1.09. The van der Waals surface area contributed by atoms with Gasteiger partial charge >= 0.3 is 303 Å². The third-order valence-electron chi connectivity index (χ3n) is 9.79. The van der Waals surface area contributed by atoms with Crippen molar-refractivity contribution in [1.82, 2.24) is 5.32 Å². The van der Waals surface area contributed by atoms with Crippen molar-refractivity contribution in [3.05, 3.63) is 126 Å². The van der Waals surface area contributed by atoms with E-state index in [1.165, 1.54) is 22.9 Å². The van der Waals surface area contributed by atoms with E-state index in [0.29, 0.717) is 19.3 Å². The molecule has 1 saturated carbocycles. The van der Waals surface area contributed by atoms with E-state index in [-0.39, 0.29) is 42.2 Å². The van der Waals surface area contributed by atoms with Gasteiger partial charge in [0.25, 0.3) is 0 Å². The molecular formula is C42H47NO4SSe. The van der Waals surface area contributed by atoms with Crippen molar-refractivity contribution in [1.29, 1.82) is 0 Å². The Kier molecular flexibility index (Phi) is 11.4. The van der Waals surface area contributed by atoms with Gasteiger partial charge in [0.1, 0.15) is 0 Å². The van der Waals surface area contributed by atoms with Crippen molar-refractivity contribution >= 4 is 42.4 Å². The van der Waals surface area contributed by atoms with Gasteiger partial charge in [-0.05, 0) is 0 Å². The summed E-state index contributed by atoms with van der Waals surface area (Å²) < 4.78 is 6.92. The Morgan fingerprint density at radius 3 is 1.98 bits per heavy atom. The van der Waals surface area contributed by atoms with Gasteiger partial charge in [-0.1, -0.05) is 0 Å². The van der Waals surface area contributed by atoms with Crippen LogP contribution in [0.25, 0.3) is 11.1 Å². The van der Waals surface area contributed by atoms with Gasteiger partial charge in [0.05, 0.1) is 0 Å². The number of aliphatic hydroxyl groups excluding tert-OH is 1. The number of ether oxygens (including phenoxy) is 1. The van der Waals surface area contributed by atoms with E-state index in [4.69, 9.17) is 4.74 Å². The Labute approximate surface area is 301 Å². The van der Waals surface area contributed by atoms with E-state index >= 15 is 0 Å². The first-order valence-corrected chi connectivity index (χ1v) is 20.1. The van der Waals surface area contributed by atoms with Gasteiger partial charge in [0.15, 0.2) is 0 Å². The quantitative estimate of drug-likeness (QED) is 0.151. The molecule has 0 heterocycles. The molecule has 0 aromatic heterocycles. The predicted molar refractivity (Wildman–Crippen MR) is 202 cm³/mol. The molecule has 7 heteroatoms. The van der Waals surface area contributed by atoms with E-state index in [9.17, 15) is 14.7 Å². The average molecular weight is 741 g/mol. The standard InChI is InChI=1S/C42H47NO4SSe/c1-41(2,3)48-39(45)42(25-15-6-16-26-42)38(44)37(49-30-19-9-5-10-20-30)36(27-29-17-7-4-8-18-29)43-40(46)47-28-35-33-23-13-11-21-31(33)32-22-12-14-24-34(32)35/h4-5,7-14,17-24,35-38,44H,6,15-16,25-28H2,1-3H3,(H,43,46)/t36-,37-,38-/m0/s1. The maximum atomic E-state index is 14.3. The van der Waals surface area contributed by atoms with Crippen molar-refractivity contribution in [2.24, 2.45) is 5.41 Å². The zero-order chi connectivity index (χ0) is 34.4. The van der Waals surface area contributed by atoms with Crippen LogP contribution >= 0.6 is 11.8 Å². The number of carbonyl (C=O) groups is 2. The molecule has 0 spiro atoms. The predicted octanol–water partition coefficient (Wildman–Crippen LogP) is 8.32. The van der Waals surface area contributed by atoms with Gasteiger partial charge in [-0.2, -0.15) is 0 Å². The first-order valence-electron chi connectivity index (χ1n) is 17.4. The number of aliphatic hydroxyl groups is 1. The molecule has 1 amide bonds. The van der Waals surface area contributed by atoms with Gasteiger partial charge in [0.2, 0.25) is 0 Å². The van der Waals surface area contributed by atoms with Gasteiger partial charge < -0.3 is 0 Å². The van der Waals surface area contributed by atoms with Crippen LogP contribution in [0.2, 0.25) is 4.82 Å². The molecule has 6 rings (SSSR count). The van der Waals surface area contributed by atoms with Crippen LogP contribution in [0, 0.1) is 5.41 Å². The second-order valence-electron chi connectivity index (χ2n) is 14.3. The summed E-state index contributed by atoms with van der Waals surface area (Å²) in [6, 6.07) is 36.5. The molecule has 1 fully saturated rings. The number of fused-ring (bicyclic) bond motifs is 3. The Hall–Kier alpha value is -3.35. The molecular weight excluding hydrogens is 693 g/mol. The summed E-state index contributed by atoms with van der Waals surface area (Å²) in [7, 11) is 0. The van der Waals surface area contributed by atoms with Crippen LogP contribution in [-0.2, 0) is 16.0 Å². The van der Waals surface area contributed by atoms with Crippen LogP contribution in [0.15, 0.2) is 109 Å². The fourth-order valence-corrected chi connectivity index (χ4v) is 11.3. The summed E-state index contributed by atoms with van der Waals surface area (Å²) in [4.78, 5) is 27.8. The fourth-order valence-electron chi connectivity index (χ4n) is 7.43. The Morgan fingerprint density at radius 2 is 1.39 bits per heavy atom. The summed E-state index contributed by atoms with van der Waals surface area (Å²) in [5.74, 6) is -0.0572. The van der Waals surface area contributed by atoms with E-state index in [1.54, 1.807) is 0 Å². The molecule has 0 radical (unpaired) electrons. The molecule has 49 heavy (non-hydrogen) atoms.